The predicted octanol–water partition coefficient (Wildman–Crippen LogP) is 5.18. The Hall–Kier alpha value is -2.20. The molecule has 2 heterocycles. The number of fused-ring (bicyclic) bond motifs is 1. The van der Waals surface area contributed by atoms with Crippen LogP contribution in [0.25, 0.3) is 11.0 Å². The second-order valence-corrected chi connectivity index (χ2v) is 6.16. The lowest BCUT2D eigenvalue weighted by atomic mass is 10.1. The molecule has 0 unspecified atom stereocenters. The molecule has 2 aromatic heterocycles. The first kappa shape index (κ1) is 15.7. The van der Waals surface area contributed by atoms with E-state index in [0.29, 0.717) is 23.1 Å². The number of benzene rings is 1. The standard InChI is InChI=1S/C18H17ClO4/c1-10(2)16-9-12-7-13(19)6-11(17(12)23-16)8-14-4-5-15(22-14)18(20)21-3/h4-7,9-10H,8H2,1-3H3. The van der Waals surface area contributed by atoms with Crippen LogP contribution in [-0.4, -0.2) is 13.1 Å². The zero-order valence-electron chi connectivity index (χ0n) is 13.2. The van der Waals surface area contributed by atoms with Crippen LogP contribution in [0.4, 0.5) is 0 Å². The maximum atomic E-state index is 11.5. The maximum Gasteiger partial charge on any atom is 0.373 e. The van der Waals surface area contributed by atoms with Crippen molar-refractivity contribution in [3.05, 3.63) is 58.2 Å². The molecule has 0 aliphatic heterocycles. The lowest BCUT2D eigenvalue weighted by Gasteiger charge is -2.02. The number of hydrogen-bond donors (Lipinski definition) is 0. The Morgan fingerprint density at radius 3 is 2.70 bits per heavy atom. The van der Waals surface area contributed by atoms with Gasteiger partial charge in [0.15, 0.2) is 0 Å². The molecule has 0 spiro atoms. The van der Waals surface area contributed by atoms with Crippen LogP contribution in [0.2, 0.25) is 5.02 Å². The Labute approximate surface area is 139 Å². The molecule has 3 rings (SSSR count). The van der Waals surface area contributed by atoms with Gasteiger partial charge in [0.25, 0.3) is 0 Å². The van der Waals surface area contributed by atoms with Gasteiger partial charge in [-0.05, 0) is 30.3 Å². The van der Waals surface area contributed by atoms with Crippen LogP contribution in [0.15, 0.2) is 39.2 Å². The molecule has 3 aromatic rings. The monoisotopic (exact) mass is 332 g/mol. The molecule has 0 amide bonds. The summed E-state index contributed by atoms with van der Waals surface area (Å²) in [4.78, 5) is 11.5. The van der Waals surface area contributed by atoms with Crippen LogP contribution >= 0.6 is 11.6 Å². The van der Waals surface area contributed by atoms with Gasteiger partial charge in [-0.1, -0.05) is 25.4 Å². The topological polar surface area (TPSA) is 52.6 Å². The van der Waals surface area contributed by atoms with Crippen molar-refractivity contribution in [3.8, 4) is 0 Å². The molecule has 23 heavy (non-hydrogen) atoms. The summed E-state index contributed by atoms with van der Waals surface area (Å²) in [5.41, 5.74) is 1.72. The van der Waals surface area contributed by atoms with Gasteiger partial charge >= 0.3 is 5.97 Å². The molecular formula is C18H17ClO4. The second-order valence-electron chi connectivity index (χ2n) is 5.72. The van der Waals surface area contributed by atoms with E-state index < -0.39 is 5.97 Å². The molecule has 0 saturated heterocycles. The van der Waals surface area contributed by atoms with E-state index in [9.17, 15) is 4.79 Å². The molecule has 0 aliphatic carbocycles. The lowest BCUT2D eigenvalue weighted by Crippen LogP contribution is -1.98. The molecular weight excluding hydrogens is 316 g/mol. The van der Waals surface area contributed by atoms with Crippen molar-refractivity contribution in [2.24, 2.45) is 0 Å². The number of esters is 1. The van der Waals surface area contributed by atoms with E-state index in [4.69, 9.17) is 20.4 Å². The third-order valence-corrected chi connectivity index (χ3v) is 3.88. The third kappa shape index (κ3) is 3.13. The summed E-state index contributed by atoms with van der Waals surface area (Å²) < 4.78 is 16.1. The van der Waals surface area contributed by atoms with Gasteiger partial charge in [0.1, 0.15) is 17.1 Å². The Balaban J connectivity index is 1.98. The molecule has 0 atom stereocenters. The fourth-order valence-corrected chi connectivity index (χ4v) is 2.74. The average Bonchev–Trinajstić information content (AvgIpc) is 3.13. The van der Waals surface area contributed by atoms with Gasteiger partial charge in [-0.2, -0.15) is 0 Å². The van der Waals surface area contributed by atoms with Crippen molar-refractivity contribution in [1.82, 2.24) is 0 Å². The largest absolute Gasteiger partial charge is 0.463 e. The molecule has 0 bridgehead atoms. The number of furan rings is 2. The lowest BCUT2D eigenvalue weighted by molar-refractivity contribution is 0.0563. The van der Waals surface area contributed by atoms with Crippen molar-refractivity contribution >= 4 is 28.5 Å². The molecule has 0 N–H and O–H groups in total. The van der Waals surface area contributed by atoms with Gasteiger partial charge in [-0.25, -0.2) is 4.79 Å². The normalized spacial score (nSPS) is 11.3. The van der Waals surface area contributed by atoms with E-state index in [1.54, 1.807) is 12.1 Å². The Bertz CT molecular complexity index is 857. The third-order valence-electron chi connectivity index (χ3n) is 3.66. The average molecular weight is 333 g/mol. The summed E-state index contributed by atoms with van der Waals surface area (Å²) in [6.45, 7) is 4.16. The van der Waals surface area contributed by atoms with Crippen molar-refractivity contribution < 1.29 is 18.4 Å². The molecule has 0 fully saturated rings. The van der Waals surface area contributed by atoms with E-state index in [0.717, 1.165) is 22.3 Å². The fourth-order valence-electron chi connectivity index (χ4n) is 2.49. The SMILES string of the molecule is COC(=O)c1ccc(Cc2cc(Cl)cc3cc(C(C)C)oc23)o1. The second kappa shape index (κ2) is 6.13. The van der Waals surface area contributed by atoms with Crippen molar-refractivity contribution in [1.29, 1.82) is 0 Å². The zero-order chi connectivity index (χ0) is 16.6. The molecule has 5 heteroatoms. The molecule has 0 aliphatic rings. The van der Waals surface area contributed by atoms with E-state index in [1.807, 2.05) is 18.2 Å². The molecule has 0 saturated carbocycles. The number of ether oxygens (including phenoxy) is 1. The zero-order valence-corrected chi connectivity index (χ0v) is 13.9. The molecule has 120 valence electrons. The molecule has 4 nitrogen and oxygen atoms in total. The Kier molecular flexibility index (Phi) is 4.18. The van der Waals surface area contributed by atoms with E-state index >= 15 is 0 Å². The van der Waals surface area contributed by atoms with Crippen molar-refractivity contribution in [3.63, 3.8) is 0 Å². The van der Waals surface area contributed by atoms with Gasteiger partial charge in [-0.3, -0.25) is 0 Å². The van der Waals surface area contributed by atoms with Crippen LogP contribution in [0.1, 0.15) is 47.4 Å². The first-order chi connectivity index (χ1) is 11.0. The van der Waals surface area contributed by atoms with Gasteiger partial charge in [0, 0.05) is 28.3 Å². The summed E-state index contributed by atoms with van der Waals surface area (Å²) in [5.74, 6) is 1.55. The number of methoxy groups -OCH3 is 1. The van der Waals surface area contributed by atoms with Crippen molar-refractivity contribution in [2.45, 2.75) is 26.2 Å². The summed E-state index contributed by atoms with van der Waals surface area (Å²) in [6, 6.07) is 9.11. The van der Waals surface area contributed by atoms with Gasteiger partial charge < -0.3 is 13.6 Å². The summed E-state index contributed by atoms with van der Waals surface area (Å²) in [6.07, 6.45) is 0.485. The number of rotatable bonds is 4. The summed E-state index contributed by atoms with van der Waals surface area (Å²) in [5, 5.41) is 1.61. The Morgan fingerprint density at radius 2 is 2.00 bits per heavy atom. The molecule has 0 radical (unpaired) electrons. The number of carbonyl (C=O) groups excluding carboxylic acids is 1. The van der Waals surface area contributed by atoms with Crippen LogP contribution in [-0.2, 0) is 11.2 Å². The predicted molar refractivity (Wildman–Crippen MR) is 88.2 cm³/mol. The minimum Gasteiger partial charge on any atom is -0.463 e. The fraction of sp³-hybridized carbons (Fsp3) is 0.278. The van der Waals surface area contributed by atoms with Crippen LogP contribution in [0.3, 0.4) is 0 Å². The number of carbonyl (C=O) groups is 1. The van der Waals surface area contributed by atoms with E-state index in [1.165, 1.54) is 7.11 Å². The first-order valence-corrected chi connectivity index (χ1v) is 7.74. The van der Waals surface area contributed by atoms with Crippen LogP contribution in [0.5, 0.6) is 0 Å². The minimum atomic E-state index is -0.493. The minimum absolute atomic E-state index is 0.183. The highest BCUT2D eigenvalue weighted by Crippen LogP contribution is 2.31. The van der Waals surface area contributed by atoms with Crippen molar-refractivity contribution in [2.75, 3.05) is 7.11 Å². The highest BCUT2D eigenvalue weighted by molar-refractivity contribution is 6.31. The summed E-state index contributed by atoms with van der Waals surface area (Å²) >= 11 is 6.21. The first-order valence-electron chi connectivity index (χ1n) is 7.37. The van der Waals surface area contributed by atoms with E-state index in [-0.39, 0.29) is 5.76 Å². The quantitative estimate of drug-likeness (QED) is 0.618. The summed E-state index contributed by atoms with van der Waals surface area (Å²) in [7, 11) is 1.32. The number of hydrogen-bond acceptors (Lipinski definition) is 4. The van der Waals surface area contributed by atoms with Crippen LogP contribution in [0, 0.1) is 0 Å². The smallest absolute Gasteiger partial charge is 0.373 e. The molecule has 1 aromatic carbocycles. The maximum absolute atomic E-state index is 11.5. The number of halogens is 1. The van der Waals surface area contributed by atoms with Crippen LogP contribution < -0.4 is 0 Å². The Morgan fingerprint density at radius 1 is 1.22 bits per heavy atom. The van der Waals surface area contributed by atoms with E-state index in [2.05, 4.69) is 18.6 Å². The van der Waals surface area contributed by atoms with Gasteiger partial charge in [-0.15, -0.1) is 0 Å². The highest BCUT2D eigenvalue weighted by Gasteiger charge is 2.16. The van der Waals surface area contributed by atoms with Gasteiger partial charge in [0.05, 0.1) is 7.11 Å². The van der Waals surface area contributed by atoms with Gasteiger partial charge in [0.2, 0.25) is 5.76 Å². The highest BCUT2D eigenvalue weighted by atomic mass is 35.5.